The Hall–Kier alpha value is -2.44. The van der Waals surface area contributed by atoms with Gasteiger partial charge in [-0.25, -0.2) is 0 Å². The molecular formula is C12H15N5O2. The maximum atomic E-state index is 12.0. The Labute approximate surface area is 109 Å². The first-order chi connectivity index (χ1) is 8.99. The molecule has 0 fully saturated rings. The fraction of sp³-hybridized carbons (Fsp3) is 0.333. The highest BCUT2D eigenvalue weighted by atomic mass is 16.2. The SMILES string of the molecule is Cc1ccc(C(=O)N[C@H](C)c2nncn2C)c(=O)[nH]1. The van der Waals surface area contributed by atoms with Gasteiger partial charge in [0.15, 0.2) is 5.82 Å². The highest BCUT2D eigenvalue weighted by molar-refractivity contribution is 5.93. The van der Waals surface area contributed by atoms with Gasteiger partial charge in [0.25, 0.3) is 11.5 Å². The maximum Gasteiger partial charge on any atom is 0.260 e. The molecule has 0 aliphatic rings. The molecule has 1 amide bonds. The first kappa shape index (κ1) is 13.0. The molecule has 0 spiro atoms. The molecule has 7 heteroatoms. The monoisotopic (exact) mass is 261 g/mol. The Kier molecular flexibility index (Phi) is 3.46. The molecule has 0 saturated heterocycles. The van der Waals surface area contributed by atoms with Crippen LogP contribution in [-0.4, -0.2) is 25.7 Å². The van der Waals surface area contributed by atoms with Crippen molar-refractivity contribution in [2.75, 3.05) is 0 Å². The second kappa shape index (κ2) is 5.05. The van der Waals surface area contributed by atoms with Gasteiger partial charge in [0.2, 0.25) is 0 Å². The number of aromatic amines is 1. The summed E-state index contributed by atoms with van der Waals surface area (Å²) in [4.78, 5) is 26.3. The minimum atomic E-state index is -0.434. The van der Waals surface area contributed by atoms with Crippen LogP contribution in [0.1, 0.15) is 34.8 Å². The highest BCUT2D eigenvalue weighted by Crippen LogP contribution is 2.07. The highest BCUT2D eigenvalue weighted by Gasteiger charge is 2.17. The van der Waals surface area contributed by atoms with E-state index in [9.17, 15) is 9.59 Å². The summed E-state index contributed by atoms with van der Waals surface area (Å²) in [5.74, 6) is 0.189. The van der Waals surface area contributed by atoms with Gasteiger partial charge >= 0.3 is 0 Å². The molecule has 0 radical (unpaired) electrons. The van der Waals surface area contributed by atoms with Crippen molar-refractivity contribution in [2.24, 2.45) is 7.05 Å². The summed E-state index contributed by atoms with van der Waals surface area (Å²) < 4.78 is 1.71. The molecule has 0 aliphatic heterocycles. The van der Waals surface area contributed by atoms with Gasteiger partial charge in [0.05, 0.1) is 6.04 Å². The van der Waals surface area contributed by atoms with Crippen molar-refractivity contribution < 1.29 is 4.79 Å². The van der Waals surface area contributed by atoms with E-state index in [-0.39, 0.29) is 11.6 Å². The van der Waals surface area contributed by atoms with Gasteiger partial charge in [-0.05, 0) is 26.0 Å². The number of aromatic nitrogens is 4. The van der Waals surface area contributed by atoms with Crippen LogP contribution in [0.15, 0.2) is 23.3 Å². The normalized spacial score (nSPS) is 12.2. The van der Waals surface area contributed by atoms with Gasteiger partial charge in [-0.1, -0.05) is 0 Å². The summed E-state index contributed by atoms with van der Waals surface area (Å²) in [5, 5.41) is 10.4. The lowest BCUT2D eigenvalue weighted by molar-refractivity contribution is 0.0936. The van der Waals surface area contributed by atoms with Crippen LogP contribution in [0.5, 0.6) is 0 Å². The molecule has 2 aromatic rings. The first-order valence-electron chi connectivity index (χ1n) is 5.83. The molecule has 7 nitrogen and oxygen atoms in total. The third kappa shape index (κ3) is 2.70. The molecule has 0 saturated carbocycles. The number of hydrogen-bond donors (Lipinski definition) is 2. The number of H-pyrrole nitrogens is 1. The minimum Gasteiger partial charge on any atom is -0.342 e. The average Bonchev–Trinajstić information content (AvgIpc) is 2.75. The van der Waals surface area contributed by atoms with Crippen LogP contribution in [0, 0.1) is 6.92 Å². The topological polar surface area (TPSA) is 92.7 Å². The molecule has 2 N–H and O–H groups in total. The summed E-state index contributed by atoms with van der Waals surface area (Å²) >= 11 is 0. The molecule has 19 heavy (non-hydrogen) atoms. The van der Waals surface area contributed by atoms with Crippen molar-refractivity contribution in [2.45, 2.75) is 19.9 Å². The molecule has 100 valence electrons. The van der Waals surface area contributed by atoms with Crippen molar-refractivity contribution in [3.05, 3.63) is 45.9 Å². The maximum absolute atomic E-state index is 12.0. The molecule has 2 aromatic heterocycles. The average molecular weight is 261 g/mol. The molecule has 0 unspecified atom stereocenters. The van der Waals surface area contributed by atoms with Gasteiger partial charge in [-0.2, -0.15) is 0 Å². The van der Waals surface area contributed by atoms with E-state index in [0.29, 0.717) is 11.5 Å². The van der Waals surface area contributed by atoms with Crippen LogP contribution in [0.3, 0.4) is 0 Å². The number of nitrogens with zero attached hydrogens (tertiary/aromatic N) is 3. The number of amides is 1. The number of aryl methyl sites for hydroxylation is 2. The lowest BCUT2D eigenvalue weighted by Crippen LogP contribution is -2.32. The first-order valence-corrected chi connectivity index (χ1v) is 5.83. The van der Waals surface area contributed by atoms with Gasteiger partial charge in [-0.15, -0.1) is 10.2 Å². The van der Waals surface area contributed by atoms with Crippen molar-refractivity contribution >= 4 is 5.91 Å². The van der Waals surface area contributed by atoms with Gasteiger partial charge in [0.1, 0.15) is 11.9 Å². The lowest BCUT2D eigenvalue weighted by atomic mass is 10.2. The van der Waals surface area contributed by atoms with Crippen LogP contribution in [0.25, 0.3) is 0 Å². The number of hydrogen-bond acceptors (Lipinski definition) is 4. The van der Waals surface area contributed by atoms with Crippen LogP contribution in [-0.2, 0) is 7.05 Å². The Bertz CT molecular complexity index is 658. The predicted molar refractivity (Wildman–Crippen MR) is 68.7 cm³/mol. The fourth-order valence-corrected chi connectivity index (χ4v) is 1.77. The summed E-state index contributed by atoms with van der Waals surface area (Å²) in [7, 11) is 1.79. The van der Waals surface area contributed by atoms with E-state index >= 15 is 0 Å². The third-order valence-electron chi connectivity index (χ3n) is 2.78. The van der Waals surface area contributed by atoms with Crippen molar-refractivity contribution in [3.63, 3.8) is 0 Å². The molecule has 0 aliphatic carbocycles. The standard InChI is InChI=1S/C12H15N5O2/c1-7-4-5-9(11(18)14-7)12(19)15-8(2)10-16-13-6-17(10)3/h4-6,8H,1-3H3,(H,14,18)(H,15,19)/t8-/m1/s1. The van der Waals surface area contributed by atoms with E-state index in [0.717, 1.165) is 0 Å². The summed E-state index contributed by atoms with van der Waals surface area (Å²) in [6.07, 6.45) is 1.55. The van der Waals surface area contributed by atoms with E-state index in [4.69, 9.17) is 0 Å². The predicted octanol–water partition coefficient (Wildman–Crippen LogP) is 0.303. The van der Waals surface area contributed by atoms with Crippen LogP contribution >= 0.6 is 0 Å². The molecule has 1 atom stereocenters. The Balaban J connectivity index is 2.18. The van der Waals surface area contributed by atoms with Gasteiger partial charge in [-0.3, -0.25) is 9.59 Å². The second-order valence-electron chi connectivity index (χ2n) is 4.38. The summed E-state index contributed by atoms with van der Waals surface area (Å²) in [6, 6.07) is 2.86. The van der Waals surface area contributed by atoms with E-state index < -0.39 is 11.5 Å². The smallest absolute Gasteiger partial charge is 0.260 e. The number of rotatable bonds is 3. The molecule has 0 bridgehead atoms. The second-order valence-corrected chi connectivity index (χ2v) is 4.38. The zero-order chi connectivity index (χ0) is 14.0. The fourth-order valence-electron chi connectivity index (χ4n) is 1.77. The summed E-state index contributed by atoms with van der Waals surface area (Å²) in [5.41, 5.74) is 0.394. The van der Waals surface area contributed by atoms with E-state index in [1.807, 2.05) is 0 Å². The molecular weight excluding hydrogens is 246 g/mol. The van der Waals surface area contributed by atoms with Crippen molar-refractivity contribution in [1.82, 2.24) is 25.1 Å². The van der Waals surface area contributed by atoms with Gasteiger partial charge in [0, 0.05) is 12.7 Å². The van der Waals surface area contributed by atoms with Crippen LogP contribution in [0.4, 0.5) is 0 Å². The number of nitrogens with one attached hydrogen (secondary N) is 2. The van der Waals surface area contributed by atoms with Crippen molar-refractivity contribution in [1.29, 1.82) is 0 Å². The quantitative estimate of drug-likeness (QED) is 0.831. The lowest BCUT2D eigenvalue weighted by Gasteiger charge is -2.12. The largest absolute Gasteiger partial charge is 0.342 e. The van der Waals surface area contributed by atoms with E-state index in [2.05, 4.69) is 20.5 Å². The Morgan fingerprint density at radius 1 is 1.47 bits per heavy atom. The molecule has 2 rings (SSSR count). The summed E-state index contributed by atoms with van der Waals surface area (Å²) in [6.45, 7) is 3.54. The zero-order valence-electron chi connectivity index (χ0n) is 11.0. The zero-order valence-corrected chi connectivity index (χ0v) is 11.0. The molecule has 0 aromatic carbocycles. The number of carbonyl (C=O) groups excluding carboxylic acids is 1. The van der Waals surface area contributed by atoms with Gasteiger partial charge < -0.3 is 14.9 Å². The van der Waals surface area contributed by atoms with Crippen LogP contribution < -0.4 is 10.9 Å². The molecule has 2 heterocycles. The number of pyridine rings is 1. The van der Waals surface area contributed by atoms with E-state index in [1.165, 1.54) is 6.07 Å². The van der Waals surface area contributed by atoms with Crippen molar-refractivity contribution in [3.8, 4) is 0 Å². The third-order valence-corrected chi connectivity index (χ3v) is 2.78. The minimum absolute atomic E-state index is 0.0830. The van der Waals surface area contributed by atoms with E-state index in [1.54, 1.807) is 37.9 Å². The Morgan fingerprint density at radius 2 is 2.21 bits per heavy atom. The Morgan fingerprint density at radius 3 is 2.79 bits per heavy atom. The number of carbonyl (C=O) groups is 1. The van der Waals surface area contributed by atoms with Crippen LogP contribution in [0.2, 0.25) is 0 Å².